The van der Waals surface area contributed by atoms with Crippen molar-refractivity contribution in [2.45, 2.75) is 25.0 Å². The Morgan fingerprint density at radius 1 is 1.29 bits per heavy atom. The predicted octanol–water partition coefficient (Wildman–Crippen LogP) is 1.98. The van der Waals surface area contributed by atoms with Crippen molar-refractivity contribution in [2.24, 2.45) is 0 Å². The molecule has 0 amide bonds. The van der Waals surface area contributed by atoms with Gasteiger partial charge in [0.05, 0.1) is 37.3 Å². The highest BCUT2D eigenvalue weighted by atomic mass is 19.1. The normalized spacial score (nSPS) is 26.1. The molecular formula is C18H23FN4O. The molecular weight excluding hydrogens is 307 g/mol. The SMILES string of the molecule is C[C@H](c1ccc(F)cc1)n1cncc1C1COCC2CNCCN21. The molecule has 0 spiro atoms. The summed E-state index contributed by atoms with van der Waals surface area (Å²) in [6, 6.07) is 7.45. The molecule has 2 fully saturated rings. The molecule has 2 aliphatic rings. The Balaban J connectivity index is 1.63. The van der Waals surface area contributed by atoms with Gasteiger partial charge >= 0.3 is 0 Å². The fourth-order valence-electron chi connectivity index (χ4n) is 3.81. The Morgan fingerprint density at radius 2 is 2.12 bits per heavy atom. The van der Waals surface area contributed by atoms with Crippen LogP contribution < -0.4 is 5.32 Å². The summed E-state index contributed by atoms with van der Waals surface area (Å²) in [5.41, 5.74) is 2.24. The molecule has 0 aliphatic carbocycles. The highest BCUT2D eigenvalue weighted by molar-refractivity contribution is 5.22. The van der Waals surface area contributed by atoms with Gasteiger partial charge in [0.15, 0.2) is 0 Å². The van der Waals surface area contributed by atoms with Crippen molar-refractivity contribution in [2.75, 3.05) is 32.8 Å². The van der Waals surface area contributed by atoms with Crippen molar-refractivity contribution in [1.29, 1.82) is 0 Å². The summed E-state index contributed by atoms with van der Waals surface area (Å²) < 4.78 is 21.2. The van der Waals surface area contributed by atoms with Gasteiger partial charge in [0.1, 0.15) is 5.82 Å². The van der Waals surface area contributed by atoms with Crippen molar-refractivity contribution in [3.63, 3.8) is 0 Å². The number of morpholine rings is 1. The molecule has 128 valence electrons. The minimum Gasteiger partial charge on any atom is -0.378 e. The highest BCUT2D eigenvalue weighted by Gasteiger charge is 2.35. The van der Waals surface area contributed by atoms with Crippen LogP contribution in [0.15, 0.2) is 36.8 Å². The predicted molar refractivity (Wildman–Crippen MR) is 89.4 cm³/mol. The third-order valence-corrected chi connectivity index (χ3v) is 5.19. The van der Waals surface area contributed by atoms with Crippen molar-refractivity contribution in [1.82, 2.24) is 19.8 Å². The first-order valence-electron chi connectivity index (χ1n) is 8.55. The number of halogens is 1. The lowest BCUT2D eigenvalue weighted by Crippen LogP contribution is -2.58. The van der Waals surface area contributed by atoms with E-state index >= 15 is 0 Å². The first kappa shape index (κ1) is 15.7. The lowest BCUT2D eigenvalue weighted by molar-refractivity contribution is -0.0617. The van der Waals surface area contributed by atoms with E-state index in [1.807, 2.05) is 24.7 Å². The summed E-state index contributed by atoms with van der Waals surface area (Å²) in [5.74, 6) is -0.207. The number of nitrogens with one attached hydrogen (secondary N) is 1. The average molecular weight is 330 g/mol. The van der Waals surface area contributed by atoms with Crippen molar-refractivity contribution in [3.05, 3.63) is 53.9 Å². The number of benzene rings is 1. The molecule has 3 atom stereocenters. The number of imidazole rings is 1. The van der Waals surface area contributed by atoms with E-state index < -0.39 is 0 Å². The molecule has 1 N–H and O–H groups in total. The Morgan fingerprint density at radius 3 is 2.96 bits per heavy atom. The summed E-state index contributed by atoms with van der Waals surface area (Å²) in [5, 5.41) is 3.44. The van der Waals surface area contributed by atoms with Crippen LogP contribution in [0.25, 0.3) is 0 Å². The molecule has 3 heterocycles. The van der Waals surface area contributed by atoms with Gasteiger partial charge in [-0.3, -0.25) is 4.90 Å². The molecule has 24 heavy (non-hydrogen) atoms. The molecule has 0 radical (unpaired) electrons. The Bertz CT molecular complexity index is 685. The zero-order chi connectivity index (χ0) is 16.5. The second kappa shape index (κ2) is 6.63. The molecule has 2 unspecified atom stereocenters. The number of piperazine rings is 1. The van der Waals surface area contributed by atoms with Crippen LogP contribution in [-0.2, 0) is 4.74 Å². The van der Waals surface area contributed by atoms with Gasteiger partial charge in [-0.05, 0) is 24.6 Å². The largest absolute Gasteiger partial charge is 0.378 e. The van der Waals surface area contributed by atoms with E-state index in [0.717, 1.165) is 31.8 Å². The smallest absolute Gasteiger partial charge is 0.123 e. The molecule has 5 nitrogen and oxygen atoms in total. The highest BCUT2D eigenvalue weighted by Crippen LogP contribution is 2.31. The zero-order valence-corrected chi connectivity index (χ0v) is 13.9. The van der Waals surface area contributed by atoms with Crippen LogP contribution in [0.3, 0.4) is 0 Å². The van der Waals surface area contributed by atoms with Gasteiger partial charge in [0.2, 0.25) is 0 Å². The fraction of sp³-hybridized carbons (Fsp3) is 0.500. The van der Waals surface area contributed by atoms with Crippen molar-refractivity contribution in [3.8, 4) is 0 Å². The van der Waals surface area contributed by atoms with E-state index in [1.54, 1.807) is 0 Å². The maximum Gasteiger partial charge on any atom is 0.123 e. The minimum atomic E-state index is -0.207. The quantitative estimate of drug-likeness (QED) is 0.934. The first-order valence-corrected chi connectivity index (χ1v) is 8.55. The number of nitrogens with zero attached hydrogens (tertiary/aromatic N) is 3. The van der Waals surface area contributed by atoms with E-state index in [4.69, 9.17) is 4.74 Å². The zero-order valence-electron chi connectivity index (χ0n) is 13.9. The summed E-state index contributed by atoms with van der Waals surface area (Å²) in [7, 11) is 0. The maximum absolute atomic E-state index is 13.2. The van der Waals surface area contributed by atoms with E-state index in [1.165, 1.54) is 17.8 Å². The standard InChI is InChI=1S/C18H23FN4O/c1-13(14-2-4-15(19)5-3-14)23-12-21-9-17(23)18-11-24-10-16-8-20-6-7-22(16)18/h2-5,9,12-13,16,18,20H,6-8,10-11H2,1H3/t13-,16?,18?/m1/s1. The first-order chi connectivity index (χ1) is 11.7. The number of ether oxygens (including phenoxy) is 1. The van der Waals surface area contributed by atoms with Crippen LogP contribution in [0.2, 0.25) is 0 Å². The van der Waals surface area contributed by atoms with Gasteiger partial charge in [-0.1, -0.05) is 12.1 Å². The third-order valence-electron chi connectivity index (χ3n) is 5.19. The Kier molecular flexibility index (Phi) is 4.35. The van der Waals surface area contributed by atoms with E-state index in [-0.39, 0.29) is 17.9 Å². The van der Waals surface area contributed by atoms with Crippen LogP contribution in [-0.4, -0.2) is 53.3 Å². The monoisotopic (exact) mass is 330 g/mol. The summed E-state index contributed by atoms with van der Waals surface area (Å²) in [6.45, 7) is 6.60. The number of aromatic nitrogens is 2. The van der Waals surface area contributed by atoms with E-state index in [2.05, 4.69) is 26.7 Å². The second-order valence-corrected chi connectivity index (χ2v) is 6.60. The second-order valence-electron chi connectivity index (χ2n) is 6.60. The third kappa shape index (κ3) is 2.85. The lowest BCUT2D eigenvalue weighted by Gasteiger charge is -2.45. The van der Waals surface area contributed by atoms with Gasteiger partial charge in [-0.15, -0.1) is 0 Å². The van der Waals surface area contributed by atoms with Crippen molar-refractivity contribution >= 4 is 0 Å². The average Bonchev–Trinajstić information content (AvgIpc) is 3.11. The topological polar surface area (TPSA) is 42.3 Å². The minimum absolute atomic E-state index is 0.103. The van der Waals surface area contributed by atoms with Crippen LogP contribution in [0.5, 0.6) is 0 Å². The number of hydrogen-bond donors (Lipinski definition) is 1. The molecule has 4 rings (SSSR count). The Labute approximate surface area is 141 Å². The summed E-state index contributed by atoms with van der Waals surface area (Å²) >= 11 is 0. The van der Waals surface area contributed by atoms with Crippen LogP contribution >= 0.6 is 0 Å². The van der Waals surface area contributed by atoms with Gasteiger partial charge in [0.25, 0.3) is 0 Å². The van der Waals surface area contributed by atoms with Crippen LogP contribution in [0.4, 0.5) is 4.39 Å². The van der Waals surface area contributed by atoms with E-state index in [9.17, 15) is 4.39 Å². The van der Waals surface area contributed by atoms with Gasteiger partial charge in [0, 0.05) is 31.9 Å². The summed E-state index contributed by atoms with van der Waals surface area (Å²) in [4.78, 5) is 6.92. The molecule has 6 heteroatoms. The molecule has 1 aromatic carbocycles. The Hall–Kier alpha value is -1.76. The summed E-state index contributed by atoms with van der Waals surface area (Å²) in [6.07, 6.45) is 3.81. The maximum atomic E-state index is 13.2. The van der Waals surface area contributed by atoms with Crippen LogP contribution in [0.1, 0.15) is 30.3 Å². The van der Waals surface area contributed by atoms with Gasteiger partial charge in [-0.2, -0.15) is 0 Å². The molecule has 2 aromatic rings. The molecule has 2 saturated heterocycles. The van der Waals surface area contributed by atoms with Gasteiger partial charge in [-0.25, -0.2) is 9.37 Å². The van der Waals surface area contributed by atoms with Crippen molar-refractivity contribution < 1.29 is 9.13 Å². The lowest BCUT2D eigenvalue weighted by atomic mass is 10.0. The fourth-order valence-corrected chi connectivity index (χ4v) is 3.81. The number of fused-ring (bicyclic) bond motifs is 1. The number of rotatable bonds is 3. The van der Waals surface area contributed by atoms with Gasteiger partial charge < -0.3 is 14.6 Å². The van der Waals surface area contributed by atoms with E-state index in [0.29, 0.717) is 12.6 Å². The number of hydrogen-bond acceptors (Lipinski definition) is 4. The molecule has 1 aromatic heterocycles. The van der Waals surface area contributed by atoms with Crippen LogP contribution in [0, 0.1) is 5.82 Å². The molecule has 0 bridgehead atoms. The molecule has 0 saturated carbocycles. The molecule has 2 aliphatic heterocycles.